The number of ether oxygens (including phenoxy) is 1. The fourth-order valence-corrected chi connectivity index (χ4v) is 5.30. The Morgan fingerprint density at radius 1 is 1.07 bits per heavy atom. The van der Waals surface area contributed by atoms with Gasteiger partial charge in [0.2, 0.25) is 5.91 Å². The quantitative estimate of drug-likeness (QED) is 0.743. The van der Waals surface area contributed by atoms with Gasteiger partial charge in [-0.25, -0.2) is 4.79 Å². The van der Waals surface area contributed by atoms with E-state index in [0.29, 0.717) is 13.1 Å². The smallest absolute Gasteiger partial charge is 0.410 e. The van der Waals surface area contributed by atoms with Crippen LogP contribution in [0.3, 0.4) is 0 Å². The summed E-state index contributed by atoms with van der Waals surface area (Å²) in [4.78, 5) is 26.3. The molecule has 0 radical (unpaired) electrons. The van der Waals surface area contributed by atoms with Crippen LogP contribution in [0.15, 0.2) is 12.1 Å². The van der Waals surface area contributed by atoms with E-state index in [1.165, 1.54) is 22.3 Å². The van der Waals surface area contributed by atoms with Gasteiger partial charge in [0, 0.05) is 31.5 Å². The minimum Gasteiger partial charge on any atom is -0.444 e. The minimum atomic E-state index is -0.478. The van der Waals surface area contributed by atoms with Crippen molar-refractivity contribution in [3.8, 4) is 0 Å². The Hall–Kier alpha value is -2.04. The number of aryl methyl sites for hydroxylation is 2. The second-order valence-electron chi connectivity index (χ2n) is 10.9. The zero-order valence-electron chi connectivity index (χ0n) is 19.9. The van der Waals surface area contributed by atoms with Crippen LogP contribution in [0, 0.1) is 13.8 Å². The molecule has 2 amide bonds. The second-order valence-corrected chi connectivity index (χ2v) is 10.9. The number of carbonyl (C=O) groups is 2. The highest BCUT2D eigenvalue weighted by atomic mass is 16.6. The van der Waals surface area contributed by atoms with Gasteiger partial charge in [-0.1, -0.05) is 12.1 Å². The van der Waals surface area contributed by atoms with E-state index >= 15 is 0 Å². The maximum Gasteiger partial charge on any atom is 0.410 e. The molecule has 1 aliphatic heterocycles. The van der Waals surface area contributed by atoms with Crippen LogP contribution in [0.1, 0.15) is 89.0 Å². The van der Waals surface area contributed by atoms with E-state index in [0.717, 1.165) is 19.3 Å². The lowest BCUT2D eigenvalue weighted by atomic mass is 9.72. The van der Waals surface area contributed by atoms with E-state index in [1.807, 2.05) is 25.7 Å². The van der Waals surface area contributed by atoms with Crippen LogP contribution < -0.4 is 5.32 Å². The summed E-state index contributed by atoms with van der Waals surface area (Å²) in [6.07, 6.45) is 2.63. The number of fused-ring (bicyclic) bond motifs is 2. The van der Waals surface area contributed by atoms with Crippen molar-refractivity contribution in [1.29, 1.82) is 0 Å². The fraction of sp³-hybridized carbons (Fsp3) is 0.680. The largest absolute Gasteiger partial charge is 0.444 e. The van der Waals surface area contributed by atoms with Crippen molar-refractivity contribution in [1.82, 2.24) is 10.2 Å². The van der Waals surface area contributed by atoms with Crippen molar-refractivity contribution in [3.63, 3.8) is 0 Å². The van der Waals surface area contributed by atoms with Gasteiger partial charge in [0.05, 0.1) is 0 Å². The lowest BCUT2D eigenvalue weighted by Crippen LogP contribution is -2.48. The number of hydrogen-bond acceptors (Lipinski definition) is 3. The highest BCUT2D eigenvalue weighted by Crippen LogP contribution is 2.55. The van der Waals surface area contributed by atoms with E-state index in [1.54, 1.807) is 6.92 Å². The van der Waals surface area contributed by atoms with Gasteiger partial charge in [-0.05, 0) is 95.4 Å². The van der Waals surface area contributed by atoms with Gasteiger partial charge >= 0.3 is 6.09 Å². The molecule has 1 aromatic rings. The van der Waals surface area contributed by atoms with E-state index in [9.17, 15) is 9.59 Å². The van der Waals surface area contributed by atoms with Gasteiger partial charge in [0.25, 0.3) is 0 Å². The van der Waals surface area contributed by atoms with Gasteiger partial charge in [-0.15, -0.1) is 0 Å². The van der Waals surface area contributed by atoms with E-state index < -0.39 is 5.60 Å². The second kappa shape index (κ2) is 7.58. The van der Waals surface area contributed by atoms with Gasteiger partial charge in [-0.2, -0.15) is 0 Å². The van der Waals surface area contributed by atoms with Crippen molar-refractivity contribution in [2.75, 3.05) is 13.1 Å². The molecule has 5 nitrogen and oxygen atoms in total. The first-order valence-electron chi connectivity index (χ1n) is 11.1. The normalized spacial score (nSPS) is 20.8. The summed E-state index contributed by atoms with van der Waals surface area (Å²) in [5.74, 6) is 0.259. The number of nitrogens with zero attached hydrogens (tertiary/aromatic N) is 1. The molecular weight excluding hydrogens is 376 g/mol. The fourth-order valence-electron chi connectivity index (χ4n) is 5.30. The highest BCUT2D eigenvalue weighted by molar-refractivity contribution is 5.74. The summed E-state index contributed by atoms with van der Waals surface area (Å²) in [5.41, 5.74) is 4.62. The first-order chi connectivity index (χ1) is 13.7. The number of nitrogens with one attached hydrogen (secondary N) is 1. The maximum absolute atomic E-state index is 12.6. The minimum absolute atomic E-state index is 0.00563. The molecular formula is C25H38N2O3. The van der Waals surface area contributed by atoms with Crippen LogP contribution in [-0.4, -0.2) is 41.1 Å². The Kier molecular flexibility index (Phi) is 5.72. The Balaban J connectivity index is 1.90. The lowest BCUT2D eigenvalue weighted by molar-refractivity contribution is -0.120. The zero-order chi connectivity index (χ0) is 22.5. The third-order valence-corrected chi connectivity index (χ3v) is 6.95. The Morgan fingerprint density at radius 3 is 2.17 bits per heavy atom. The number of likely N-dealkylation sites (tertiary alicyclic amines) is 1. The summed E-state index contributed by atoms with van der Waals surface area (Å²) in [6.45, 7) is 17.3. The Labute approximate surface area is 181 Å². The monoisotopic (exact) mass is 414 g/mol. The number of carbonyl (C=O) groups excluding carboxylic acids is 2. The molecule has 3 rings (SSSR count). The molecule has 1 fully saturated rings. The van der Waals surface area contributed by atoms with Crippen LogP contribution in [0.5, 0.6) is 0 Å². The zero-order valence-corrected chi connectivity index (χ0v) is 19.9. The third-order valence-electron chi connectivity index (χ3n) is 6.95. The molecule has 1 saturated heterocycles. The molecule has 0 saturated carbocycles. The van der Waals surface area contributed by atoms with Gasteiger partial charge < -0.3 is 15.0 Å². The summed E-state index contributed by atoms with van der Waals surface area (Å²) >= 11 is 0. The number of rotatable bonds is 2. The predicted octanol–water partition coefficient (Wildman–Crippen LogP) is 4.97. The molecule has 1 aromatic carbocycles. The molecule has 1 N–H and O–H groups in total. The molecule has 166 valence electrons. The molecule has 1 atom stereocenters. The van der Waals surface area contributed by atoms with E-state index in [-0.39, 0.29) is 28.9 Å². The molecule has 5 heteroatoms. The third kappa shape index (κ3) is 4.35. The van der Waals surface area contributed by atoms with Crippen molar-refractivity contribution in [2.45, 2.75) is 97.1 Å². The van der Waals surface area contributed by atoms with Gasteiger partial charge in [0.1, 0.15) is 5.60 Å². The Morgan fingerprint density at radius 2 is 1.63 bits per heavy atom. The van der Waals surface area contributed by atoms with Crippen LogP contribution in [0.2, 0.25) is 0 Å². The van der Waals surface area contributed by atoms with Gasteiger partial charge in [0.15, 0.2) is 0 Å². The molecule has 2 aliphatic rings. The van der Waals surface area contributed by atoms with Gasteiger partial charge in [-0.3, -0.25) is 4.79 Å². The number of hydrogen-bond donors (Lipinski definition) is 1. The van der Waals surface area contributed by atoms with Crippen LogP contribution in [0.4, 0.5) is 4.79 Å². The van der Waals surface area contributed by atoms with Crippen molar-refractivity contribution in [3.05, 3.63) is 34.4 Å². The molecule has 1 aliphatic carbocycles. The van der Waals surface area contributed by atoms with Crippen molar-refractivity contribution >= 4 is 12.0 Å². The maximum atomic E-state index is 12.6. The predicted molar refractivity (Wildman–Crippen MR) is 120 cm³/mol. The molecule has 1 spiro atoms. The molecule has 30 heavy (non-hydrogen) atoms. The van der Waals surface area contributed by atoms with Crippen molar-refractivity contribution in [2.24, 2.45) is 0 Å². The summed E-state index contributed by atoms with van der Waals surface area (Å²) < 4.78 is 5.59. The summed E-state index contributed by atoms with van der Waals surface area (Å²) in [5, 5.41) is 3.19. The first kappa shape index (κ1) is 22.6. The Bertz CT molecular complexity index is 843. The van der Waals surface area contributed by atoms with E-state index in [2.05, 4.69) is 45.1 Å². The van der Waals surface area contributed by atoms with Crippen LogP contribution in [0.25, 0.3) is 0 Å². The highest BCUT2D eigenvalue weighted by Gasteiger charge is 2.50. The van der Waals surface area contributed by atoms with Crippen LogP contribution in [-0.2, 0) is 14.9 Å². The lowest BCUT2D eigenvalue weighted by Gasteiger charge is -2.41. The molecule has 1 unspecified atom stereocenters. The summed E-state index contributed by atoms with van der Waals surface area (Å²) in [7, 11) is 0. The standard InChI is InChI=1S/C25H38N2O3/c1-16-13-19-20(14-17(16)2)25(15-21(19)24(7,8)26-18(3)28)9-11-27(12-10-25)22(29)30-23(4,5)6/h13-14,21H,9-12,15H2,1-8H3,(H,26,28). The van der Waals surface area contributed by atoms with Crippen LogP contribution >= 0.6 is 0 Å². The SMILES string of the molecule is CC(=O)NC(C)(C)C1CC2(CCN(C(=O)OC(C)(C)C)CC2)c2cc(C)c(C)cc21. The first-order valence-corrected chi connectivity index (χ1v) is 11.1. The number of piperidine rings is 1. The average molecular weight is 415 g/mol. The average Bonchev–Trinajstić information content (AvgIpc) is 2.88. The molecule has 1 heterocycles. The number of benzene rings is 1. The number of amides is 2. The summed E-state index contributed by atoms with van der Waals surface area (Å²) in [6, 6.07) is 4.69. The van der Waals surface area contributed by atoms with E-state index in [4.69, 9.17) is 4.74 Å². The topological polar surface area (TPSA) is 58.6 Å². The molecule has 0 bridgehead atoms. The molecule has 0 aromatic heterocycles. The van der Waals surface area contributed by atoms with Crippen molar-refractivity contribution < 1.29 is 14.3 Å².